The number of rotatable bonds is 3. The lowest BCUT2D eigenvalue weighted by Crippen LogP contribution is -2.08. The van der Waals surface area contributed by atoms with E-state index < -0.39 is 11.6 Å². The molecular formula is C24H18O5. The largest absolute Gasteiger partial charge is 0.507 e. The van der Waals surface area contributed by atoms with E-state index in [0.29, 0.717) is 11.1 Å². The molecule has 0 fully saturated rings. The average Bonchev–Trinajstić information content (AvgIpc) is 3.17. The van der Waals surface area contributed by atoms with E-state index in [2.05, 4.69) is 0 Å². The summed E-state index contributed by atoms with van der Waals surface area (Å²) in [6.45, 7) is -0.0774. The third kappa shape index (κ3) is 3.14. The standard InChI is InChI=1S/C24H18O5/c25-21-10-16-5-2-1-4-14(16)9-20(21)24(27)28-13-18-12-23(26)29-22-11-17-7-3-6-15(17)8-19(18)22/h1-2,4-5,8-12,25H,3,6-7,13H2. The highest BCUT2D eigenvalue weighted by atomic mass is 16.5. The Labute approximate surface area is 166 Å². The molecule has 0 bridgehead atoms. The molecule has 0 spiro atoms. The van der Waals surface area contributed by atoms with Gasteiger partial charge in [0.25, 0.3) is 0 Å². The number of carbonyl (C=O) groups is 1. The smallest absolute Gasteiger partial charge is 0.342 e. The van der Waals surface area contributed by atoms with E-state index in [9.17, 15) is 14.7 Å². The first-order chi connectivity index (χ1) is 14.1. The highest BCUT2D eigenvalue weighted by molar-refractivity contribution is 5.98. The van der Waals surface area contributed by atoms with E-state index in [-0.39, 0.29) is 17.9 Å². The van der Waals surface area contributed by atoms with Crippen molar-refractivity contribution in [1.29, 1.82) is 0 Å². The maximum absolute atomic E-state index is 12.6. The zero-order chi connectivity index (χ0) is 20.0. The lowest BCUT2D eigenvalue weighted by atomic mass is 10.0. The average molecular weight is 386 g/mol. The first-order valence-electron chi connectivity index (χ1n) is 9.56. The number of ether oxygens (including phenoxy) is 1. The summed E-state index contributed by atoms with van der Waals surface area (Å²) in [5.41, 5.74) is 3.17. The highest BCUT2D eigenvalue weighted by Gasteiger charge is 2.18. The molecule has 0 aliphatic heterocycles. The van der Waals surface area contributed by atoms with Gasteiger partial charge >= 0.3 is 11.6 Å². The molecule has 0 amide bonds. The lowest BCUT2D eigenvalue weighted by molar-refractivity contribution is 0.0470. The van der Waals surface area contributed by atoms with Gasteiger partial charge in [0, 0.05) is 17.0 Å². The van der Waals surface area contributed by atoms with Crippen LogP contribution in [0, 0.1) is 0 Å². The van der Waals surface area contributed by atoms with Crippen molar-refractivity contribution in [2.45, 2.75) is 25.9 Å². The number of phenols is 1. The predicted molar refractivity (Wildman–Crippen MR) is 109 cm³/mol. The van der Waals surface area contributed by atoms with Crippen LogP contribution in [0.5, 0.6) is 5.75 Å². The molecule has 5 heteroatoms. The van der Waals surface area contributed by atoms with Crippen molar-refractivity contribution in [1.82, 2.24) is 0 Å². The van der Waals surface area contributed by atoms with E-state index in [1.165, 1.54) is 17.2 Å². The molecule has 0 saturated carbocycles. The normalized spacial score (nSPS) is 13.0. The summed E-state index contributed by atoms with van der Waals surface area (Å²) in [7, 11) is 0. The van der Waals surface area contributed by atoms with E-state index in [1.807, 2.05) is 36.4 Å². The lowest BCUT2D eigenvalue weighted by Gasteiger charge is -2.10. The van der Waals surface area contributed by atoms with Crippen molar-refractivity contribution in [2.24, 2.45) is 0 Å². The molecular weight excluding hydrogens is 368 g/mol. The minimum atomic E-state index is -0.643. The molecule has 1 aliphatic carbocycles. The van der Waals surface area contributed by atoms with Gasteiger partial charge in [0.2, 0.25) is 0 Å². The Kier molecular flexibility index (Phi) is 4.09. The molecule has 29 heavy (non-hydrogen) atoms. The van der Waals surface area contributed by atoms with Gasteiger partial charge in [0.15, 0.2) is 0 Å². The second-order valence-electron chi connectivity index (χ2n) is 7.35. The Hall–Kier alpha value is -3.60. The van der Waals surface area contributed by atoms with Gasteiger partial charge in [-0.2, -0.15) is 0 Å². The summed E-state index contributed by atoms with van der Waals surface area (Å²) in [4.78, 5) is 24.6. The van der Waals surface area contributed by atoms with Crippen molar-refractivity contribution in [2.75, 3.05) is 0 Å². The van der Waals surface area contributed by atoms with Gasteiger partial charge in [-0.25, -0.2) is 9.59 Å². The monoisotopic (exact) mass is 386 g/mol. The van der Waals surface area contributed by atoms with Crippen LogP contribution < -0.4 is 5.63 Å². The summed E-state index contributed by atoms with van der Waals surface area (Å²) in [5.74, 6) is -0.778. The van der Waals surface area contributed by atoms with Gasteiger partial charge in [-0.1, -0.05) is 24.3 Å². The van der Waals surface area contributed by atoms with Crippen molar-refractivity contribution < 1.29 is 19.1 Å². The molecule has 5 nitrogen and oxygen atoms in total. The van der Waals surface area contributed by atoms with Crippen LogP contribution >= 0.6 is 0 Å². The molecule has 3 aromatic carbocycles. The van der Waals surface area contributed by atoms with Crippen molar-refractivity contribution >= 4 is 27.7 Å². The third-order valence-corrected chi connectivity index (χ3v) is 5.49. The summed E-state index contributed by atoms with van der Waals surface area (Å²) >= 11 is 0. The predicted octanol–water partition coefficient (Wildman–Crippen LogP) is 4.50. The van der Waals surface area contributed by atoms with Crippen LogP contribution in [-0.2, 0) is 24.2 Å². The van der Waals surface area contributed by atoms with Crippen molar-refractivity contribution in [3.05, 3.63) is 87.3 Å². The Morgan fingerprint density at radius 1 is 1.00 bits per heavy atom. The van der Waals surface area contributed by atoms with E-state index >= 15 is 0 Å². The number of carbonyl (C=O) groups excluding carboxylic acids is 1. The summed E-state index contributed by atoms with van der Waals surface area (Å²) in [6.07, 6.45) is 3.06. The fraction of sp³-hybridized carbons (Fsp3) is 0.167. The zero-order valence-electron chi connectivity index (χ0n) is 15.6. The van der Waals surface area contributed by atoms with Crippen LogP contribution in [-0.4, -0.2) is 11.1 Å². The number of aromatic hydroxyl groups is 1. The Morgan fingerprint density at radius 3 is 2.52 bits per heavy atom. The maximum atomic E-state index is 12.6. The Morgan fingerprint density at radius 2 is 1.72 bits per heavy atom. The number of hydrogen-bond donors (Lipinski definition) is 1. The first-order valence-corrected chi connectivity index (χ1v) is 9.56. The molecule has 0 atom stereocenters. The van der Waals surface area contributed by atoms with Crippen LogP contribution in [0.2, 0.25) is 0 Å². The van der Waals surface area contributed by atoms with Crippen molar-refractivity contribution in [3.63, 3.8) is 0 Å². The minimum Gasteiger partial charge on any atom is -0.507 e. The third-order valence-electron chi connectivity index (χ3n) is 5.49. The molecule has 4 aromatic rings. The summed E-state index contributed by atoms with van der Waals surface area (Å²) < 4.78 is 10.8. The number of aryl methyl sites for hydroxylation is 2. The van der Waals surface area contributed by atoms with E-state index in [0.717, 1.165) is 35.4 Å². The van der Waals surface area contributed by atoms with Gasteiger partial charge in [0.05, 0.1) is 0 Å². The molecule has 144 valence electrons. The number of benzene rings is 3. The van der Waals surface area contributed by atoms with Crippen LogP contribution in [0.1, 0.15) is 33.5 Å². The molecule has 1 aliphatic rings. The van der Waals surface area contributed by atoms with Gasteiger partial charge < -0.3 is 14.3 Å². The fourth-order valence-corrected chi connectivity index (χ4v) is 4.03. The SMILES string of the molecule is O=C(OCc1cc(=O)oc2cc3c(cc12)CCC3)c1cc2ccccc2cc1O. The molecule has 1 heterocycles. The van der Waals surface area contributed by atoms with Gasteiger partial charge in [0.1, 0.15) is 23.5 Å². The molecule has 0 radical (unpaired) electrons. The van der Waals surface area contributed by atoms with Gasteiger partial charge in [-0.05, 0) is 65.4 Å². The minimum absolute atomic E-state index is 0.0774. The highest BCUT2D eigenvalue weighted by Crippen LogP contribution is 2.29. The molecule has 0 unspecified atom stereocenters. The number of phenolic OH excluding ortho intramolecular Hbond substituents is 1. The zero-order valence-corrected chi connectivity index (χ0v) is 15.6. The quantitative estimate of drug-likeness (QED) is 0.414. The fourth-order valence-electron chi connectivity index (χ4n) is 4.03. The summed E-state index contributed by atoms with van der Waals surface area (Å²) in [6, 6.07) is 15.9. The maximum Gasteiger partial charge on any atom is 0.342 e. The van der Waals surface area contributed by atoms with E-state index in [1.54, 1.807) is 12.1 Å². The number of fused-ring (bicyclic) bond motifs is 3. The van der Waals surface area contributed by atoms with Gasteiger partial charge in [-0.3, -0.25) is 0 Å². The second kappa shape index (κ2) is 6.78. The number of hydrogen-bond acceptors (Lipinski definition) is 5. The van der Waals surface area contributed by atoms with Crippen LogP contribution in [0.3, 0.4) is 0 Å². The Balaban J connectivity index is 1.47. The van der Waals surface area contributed by atoms with Gasteiger partial charge in [-0.15, -0.1) is 0 Å². The number of esters is 1. The van der Waals surface area contributed by atoms with Crippen molar-refractivity contribution in [3.8, 4) is 5.75 Å². The molecule has 1 N–H and O–H groups in total. The molecule has 0 saturated heterocycles. The summed E-state index contributed by atoms with van der Waals surface area (Å²) in [5, 5.41) is 12.7. The molecule has 5 rings (SSSR count). The van der Waals surface area contributed by atoms with Crippen LogP contribution in [0.25, 0.3) is 21.7 Å². The Bertz CT molecular complexity index is 1330. The molecule has 1 aromatic heterocycles. The van der Waals surface area contributed by atoms with Crippen LogP contribution in [0.4, 0.5) is 0 Å². The first kappa shape index (κ1) is 17.5. The second-order valence-corrected chi connectivity index (χ2v) is 7.35. The topological polar surface area (TPSA) is 76.7 Å². The van der Waals surface area contributed by atoms with Crippen LogP contribution in [0.15, 0.2) is 63.8 Å². The van der Waals surface area contributed by atoms with E-state index in [4.69, 9.17) is 9.15 Å².